The normalized spacial score (nSPS) is 15.9. The lowest BCUT2D eigenvalue weighted by Gasteiger charge is -2.32. The van der Waals surface area contributed by atoms with E-state index in [1.54, 1.807) is 4.90 Å². The Morgan fingerprint density at radius 1 is 1.23 bits per heavy atom. The van der Waals surface area contributed by atoms with E-state index in [1.807, 2.05) is 24.3 Å². The SMILES string of the molecule is CC(C)c1ccc(OCC(=O)N2CCC(C(=O)[O-])CC2)cc1. The summed E-state index contributed by atoms with van der Waals surface area (Å²) in [7, 11) is 0. The van der Waals surface area contributed by atoms with Crippen molar-refractivity contribution in [1.82, 2.24) is 4.90 Å². The van der Waals surface area contributed by atoms with Crippen molar-refractivity contribution in [2.45, 2.75) is 32.6 Å². The van der Waals surface area contributed by atoms with E-state index in [4.69, 9.17) is 4.74 Å². The Labute approximate surface area is 130 Å². The summed E-state index contributed by atoms with van der Waals surface area (Å²) in [6.45, 7) is 5.13. The van der Waals surface area contributed by atoms with Crippen molar-refractivity contribution < 1.29 is 19.4 Å². The summed E-state index contributed by atoms with van der Waals surface area (Å²) in [4.78, 5) is 24.5. The number of rotatable bonds is 5. The molecule has 1 aliphatic heterocycles. The zero-order valence-corrected chi connectivity index (χ0v) is 13.1. The van der Waals surface area contributed by atoms with Crippen molar-refractivity contribution >= 4 is 11.9 Å². The standard InChI is InChI=1S/C17H23NO4/c1-12(2)13-3-5-15(6-4-13)22-11-16(19)18-9-7-14(8-10-18)17(20)21/h3-6,12,14H,7-11H2,1-2H3,(H,20,21)/p-1. The second kappa shape index (κ2) is 7.29. The number of benzene rings is 1. The van der Waals surface area contributed by atoms with E-state index < -0.39 is 11.9 Å². The molecule has 5 heteroatoms. The molecule has 1 aliphatic rings. The Balaban J connectivity index is 1.79. The molecule has 5 nitrogen and oxygen atoms in total. The number of amides is 1. The second-order valence-electron chi connectivity index (χ2n) is 5.99. The van der Waals surface area contributed by atoms with E-state index in [1.165, 1.54) is 5.56 Å². The zero-order chi connectivity index (χ0) is 16.1. The monoisotopic (exact) mass is 304 g/mol. The van der Waals surface area contributed by atoms with Crippen LogP contribution in [-0.4, -0.2) is 36.5 Å². The lowest BCUT2D eigenvalue weighted by molar-refractivity contribution is -0.312. The Morgan fingerprint density at radius 3 is 2.32 bits per heavy atom. The third-order valence-electron chi connectivity index (χ3n) is 4.09. The molecule has 1 saturated heterocycles. The minimum atomic E-state index is -1.02. The highest BCUT2D eigenvalue weighted by Crippen LogP contribution is 2.19. The first kappa shape index (κ1) is 16.3. The maximum absolute atomic E-state index is 12.1. The van der Waals surface area contributed by atoms with Gasteiger partial charge in [0, 0.05) is 25.0 Å². The third-order valence-corrected chi connectivity index (χ3v) is 4.09. The molecular formula is C17H22NO4-. The van der Waals surface area contributed by atoms with E-state index in [9.17, 15) is 14.7 Å². The molecule has 1 aromatic rings. The maximum atomic E-state index is 12.1. The van der Waals surface area contributed by atoms with Crippen LogP contribution in [0.2, 0.25) is 0 Å². The summed E-state index contributed by atoms with van der Waals surface area (Å²) in [5, 5.41) is 10.8. The Morgan fingerprint density at radius 2 is 1.82 bits per heavy atom. The molecule has 0 N–H and O–H groups in total. The number of likely N-dealkylation sites (tertiary alicyclic amines) is 1. The number of carboxylic acids is 1. The van der Waals surface area contributed by atoms with Crippen molar-refractivity contribution in [1.29, 1.82) is 0 Å². The fourth-order valence-electron chi connectivity index (χ4n) is 2.55. The van der Waals surface area contributed by atoms with Crippen LogP contribution in [0.15, 0.2) is 24.3 Å². The first-order chi connectivity index (χ1) is 10.5. The number of piperidine rings is 1. The van der Waals surface area contributed by atoms with Crippen molar-refractivity contribution in [3.05, 3.63) is 29.8 Å². The molecule has 0 aliphatic carbocycles. The fourth-order valence-corrected chi connectivity index (χ4v) is 2.55. The lowest BCUT2D eigenvalue weighted by atomic mass is 9.97. The highest BCUT2D eigenvalue weighted by Gasteiger charge is 2.23. The molecule has 0 atom stereocenters. The van der Waals surface area contributed by atoms with Gasteiger partial charge in [-0.05, 0) is 36.5 Å². The largest absolute Gasteiger partial charge is 0.550 e. The predicted molar refractivity (Wildman–Crippen MR) is 80.3 cm³/mol. The number of hydrogen-bond donors (Lipinski definition) is 0. The smallest absolute Gasteiger partial charge is 0.260 e. The Kier molecular flexibility index (Phi) is 5.41. The Hall–Kier alpha value is -2.04. The van der Waals surface area contributed by atoms with Gasteiger partial charge >= 0.3 is 0 Å². The van der Waals surface area contributed by atoms with Crippen LogP contribution in [0.5, 0.6) is 5.75 Å². The molecule has 1 fully saturated rings. The molecule has 120 valence electrons. The molecule has 2 rings (SSSR count). The van der Waals surface area contributed by atoms with Crippen LogP contribution < -0.4 is 9.84 Å². The highest BCUT2D eigenvalue weighted by molar-refractivity contribution is 5.78. The highest BCUT2D eigenvalue weighted by atomic mass is 16.5. The van der Waals surface area contributed by atoms with Crippen molar-refractivity contribution in [2.24, 2.45) is 5.92 Å². The summed E-state index contributed by atoms with van der Waals surface area (Å²) in [5.41, 5.74) is 1.23. The molecular weight excluding hydrogens is 282 g/mol. The molecule has 0 spiro atoms. The van der Waals surface area contributed by atoms with Crippen LogP contribution >= 0.6 is 0 Å². The number of carbonyl (C=O) groups is 2. The summed E-state index contributed by atoms with van der Waals surface area (Å²) in [6, 6.07) is 7.72. The number of carbonyl (C=O) groups excluding carboxylic acids is 2. The van der Waals surface area contributed by atoms with E-state index in [0.29, 0.717) is 37.6 Å². The van der Waals surface area contributed by atoms with Gasteiger partial charge in [-0.3, -0.25) is 4.79 Å². The van der Waals surface area contributed by atoms with Gasteiger partial charge in [-0.2, -0.15) is 0 Å². The van der Waals surface area contributed by atoms with Crippen molar-refractivity contribution in [3.63, 3.8) is 0 Å². The molecule has 0 aromatic heterocycles. The number of nitrogens with zero attached hydrogens (tertiary/aromatic N) is 1. The minimum absolute atomic E-state index is 0.0169. The average molecular weight is 304 g/mol. The topological polar surface area (TPSA) is 69.7 Å². The van der Waals surface area contributed by atoms with Crippen molar-refractivity contribution in [2.75, 3.05) is 19.7 Å². The molecule has 1 aromatic carbocycles. The lowest BCUT2D eigenvalue weighted by Crippen LogP contribution is -2.45. The number of aliphatic carboxylic acids is 1. The van der Waals surface area contributed by atoms with Crippen LogP contribution in [0.1, 0.15) is 38.2 Å². The van der Waals surface area contributed by atoms with Crippen LogP contribution in [-0.2, 0) is 9.59 Å². The van der Waals surface area contributed by atoms with Crippen molar-refractivity contribution in [3.8, 4) is 5.75 Å². The van der Waals surface area contributed by atoms with Gasteiger partial charge in [0.1, 0.15) is 5.75 Å². The van der Waals surface area contributed by atoms with Crippen LogP contribution in [0, 0.1) is 5.92 Å². The van der Waals surface area contributed by atoms with E-state index in [0.717, 1.165) is 0 Å². The quantitative estimate of drug-likeness (QED) is 0.819. The van der Waals surface area contributed by atoms with Gasteiger partial charge in [0.15, 0.2) is 6.61 Å². The fraction of sp³-hybridized carbons (Fsp3) is 0.529. The molecule has 0 unspecified atom stereocenters. The maximum Gasteiger partial charge on any atom is 0.260 e. The molecule has 0 radical (unpaired) electrons. The molecule has 0 saturated carbocycles. The summed E-state index contributed by atoms with van der Waals surface area (Å²) < 4.78 is 5.51. The molecule has 1 heterocycles. The minimum Gasteiger partial charge on any atom is -0.550 e. The van der Waals surface area contributed by atoms with Gasteiger partial charge in [-0.15, -0.1) is 0 Å². The van der Waals surface area contributed by atoms with Crippen LogP contribution in [0.4, 0.5) is 0 Å². The zero-order valence-electron chi connectivity index (χ0n) is 13.1. The van der Waals surface area contributed by atoms with Gasteiger partial charge in [0.05, 0.1) is 0 Å². The molecule has 1 amide bonds. The van der Waals surface area contributed by atoms with E-state index in [2.05, 4.69) is 13.8 Å². The van der Waals surface area contributed by atoms with Crippen LogP contribution in [0.25, 0.3) is 0 Å². The van der Waals surface area contributed by atoms with Gasteiger partial charge < -0.3 is 19.5 Å². The number of carboxylic acid groups (broad SMARTS) is 1. The van der Waals surface area contributed by atoms with Gasteiger partial charge in [-0.1, -0.05) is 26.0 Å². The van der Waals surface area contributed by atoms with Gasteiger partial charge in [-0.25, -0.2) is 0 Å². The molecule has 0 bridgehead atoms. The summed E-state index contributed by atoms with van der Waals surface area (Å²) >= 11 is 0. The second-order valence-corrected chi connectivity index (χ2v) is 5.99. The third kappa shape index (κ3) is 4.23. The predicted octanol–water partition coefficient (Wildman–Crippen LogP) is 1.18. The average Bonchev–Trinajstić information content (AvgIpc) is 2.53. The van der Waals surface area contributed by atoms with Crippen LogP contribution in [0.3, 0.4) is 0 Å². The summed E-state index contributed by atoms with van der Waals surface area (Å²) in [5.74, 6) is -0.435. The van der Waals surface area contributed by atoms with E-state index in [-0.39, 0.29) is 12.5 Å². The van der Waals surface area contributed by atoms with Gasteiger partial charge in [0.25, 0.3) is 5.91 Å². The van der Waals surface area contributed by atoms with Gasteiger partial charge in [0.2, 0.25) is 0 Å². The first-order valence-corrected chi connectivity index (χ1v) is 7.68. The first-order valence-electron chi connectivity index (χ1n) is 7.68. The molecule has 22 heavy (non-hydrogen) atoms. The van der Waals surface area contributed by atoms with E-state index >= 15 is 0 Å². The number of hydrogen-bond acceptors (Lipinski definition) is 4. The Bertz CT molecular complexity index is 516. The summed E-state index contributed by atoms with van der Waals surface area (Å²) in [6.07, 6.45) is 0.911. The number of ether oxygens (including phenoxy) is 1.